The first-order valence-electron chi connectivity index (χ1n) is 11.9. The number of nitrogens with zero attached hydrogens (tertiary/aromatic N) is 5. The Hall–Kier alpha value is -3.75. The minimum Gasteiger partial charge on any atom is -0.490 e. The van der Waals surface area contributed by atoms with E-state index in [-0.39, 0.29) is 17.8 Å². The molecule has 1 saturated heterocycles. The van der Waals surface area contributed by atoms with Crippen LogP contribution in [-0.2, 0) is 4.74 Å². The Balaban J connectivity index is 1.17. The molecule has 35 heavy (non-hydrogen) atoms. The number of likely N-dealkylation sites (tertiary alicyclic amines) is 1. The van der Waals surface area contributed by atoms with E-state index in [4.69, 9.17) is 9.47 Å². The molecule has 2 aromatic heterocycles. The maximum atomic E-state index is 13.0. The molecule has 1 aliphatic carbocycles. The van der Waals surface area contributed by atoms with Crippen molar-refractivity contribution >= 4 is 12.0 Å². The van der Waals surface area contributed by atoms with Crippen molar-refractivity contribution in [3.8, 4) is 17.0 Å². The SMILES string of the molecule is CC(C)(C)OC(=O)c1ccn(C(=O)N2C[C@H]3C[C@H](Oc4cccc(-c5ccncn5)c4)C[C@H]3C2)n1. The molecule has 5 rings (SSSR count). The third-order valence-corrected chi connectivity index (χ3v) is 6.39. The minimum absolute atomic E-state index is 0.117. The molecule has 9 nitrogen and oxygen atoms in total. The summed E-state index contributed by atoms with van der Waals surface area (Å²) in [5.41, 5.74) is 1.36. The molecule has 0 radical (unpaired) electrons. The molecule has 182 valence electrons. The Bertz CT molecular complexity index is 1210. The maximum Gasteiger partial charge on any atom is 0.359 e. The van der Waals surface area contributed by atoms with Gasteiger partial charge in [-0.2, -0.15) is 9.78 Å². The Morgan fingerprint density at radius 2 is 1.83 bits per heavy atom. The molecule has 9 heteroatoms. The van der Waals surface area contributed by atoms with Gasteiger partial charge in [0.2, 0.25) is 0 Å². The van der Waals surface area contributed by atoms with Crippen molar-refractivity contribution in [1.29, 1.82) is 0 Å². The lowest BCUT2D eigenvalue weighted by atomic mass is 10.0. The van der Waals surface area contributed by atoms with Crippen LogP contribution in [0.2, 0.25) is 0 Å². The van der Waals surface area contributed by atoms with Crippen molar-refractivity contribution in [2.45, 2.75) is 45.3 Å². The molecule has 3 heterocycles. The van der Waals surface area contributed by atoms with E-state index in [1.54, 1.807) is 27.0 Å². The van der Waals surface area contributed by atoms with E-state index in [1.165, 1.54) is 23.3 Å². The predicted molar refractivity (Wildman–Crippen MR) is 128 cm³/mol. The first kappa shape index (κ1) is 23.0. The van der Waals surface area contributed by atoms with E-state index in [9.17, 15) is 9.59 Å². The van der Waals surface area contributed by atoms with Gasteiger partial charge in [0, 0.05) is 31.0 Å². The van der Waals surface area contributed by atoms with E-state index in [2.05, 4.69) is 15.1 Å². The number of aromatic nitrogens is 4. The minimum atomic E-state index is -0.618. The van der Waals surface area contributed by atoms with Gasteiger partial charge in [-0.1, -0.05) is 12.1 Å². The quantitative estimate of drug-likeness (QED) is 0.525. The number of carbonyl (C=O) groups is 2. The second-order valence-corrected chi connectivity index (χ2v) is 10.2. The van der Waals surface area contributed by atoms with Gasteiger partial charge in [-0.3, -0.25) is 0 Å². The highest BCUT2D eigenvalue weighted by Crippen LogP contribution is 2.40. The topological polar surface area (TPSA) is 99.4 Å². The first-order valence-corrected chi connectivity index (χ1v) is 11.9. The van der Waals surface area contributed by atoms with Crippen molar-refractivity contribution < 1.29 is 19.1 Å². The summed E-state index contributed by atoms with van der Waals surface area (Å²) in [4.78, 5) is 35.3. The van der Waals surface area contributed by atoms with Gasteiger partial charge in [-0.25, -0.2) is 19.6 Å². The van der Waals surface area contributed by atoms with Crippen LogP contribution >= 0.6 is 0 Å². The lowest BCUT2D eigenvalue weighted by molar-refractivity contribution is 0.00623. The molecule has 1 aliphatic heterocycles. The van der Waals surface area contributed by atoms with Gasteiger partial charge in [0.25, 0.3) is 0 Å². The summed E-state index contributed by atoms with van der Waals surface area (Å²) in [5, 5.41) is 4.15. The normalized spacial score (nSPS) is 21.6. The van der Waals surface area contributed by atoms with Crippen LogP contribution in [0.3, 0.4) is 0 Å². The van der Waals surface area contributed by atoms with Crippen molar-refractivity contribution in [2.75, 3.05) is 13.1 Å². The summed E-state index contributed by atoms with van der Waals surface area (Å²) in [6.07, 6.45) is 6.69. The number of hydrogen-bond donors (Lipinski definition) is 0. The summed E-state index contributed by atoms with van der Waals surface area (Å²) in [7, 11) is 0. The molecule has 3 atom stereocenters. The largest absolute Gasteiger partial charge is 0.490 e. The van der Waals surface area contributed by atoms with Crippen LogP contribution in [0.25, 0.3) is 11.3 Å². The molecule has 0 N–H and O–H groups in total. The van der Waals surface area contributed by atoms with Crippen LogP contribution in [0.4, 0.5) is 4.79 Å². The zero-order valence-corrected chi connectivity index (χ0v) is 20.1. The number of rotatable bonds is 4. The second-order valence-electron chi connectivity index (χ2n) is 10.2. The van der Waals surface area contributed by atoms with Crippen molar-refractivity contribution in [3.05, 3.63) is 60.8 Å². The standard InChI is InChI=1S/C26H29N5O4/c1-26(2,3)35-24(32)23-8-10-31(29-23)25(33)30-14-18-12-21(13-19(18)15-30)34-20-6-4-5-17(11-20)22-7-9-27-16-28-22/h4-11,16,18-19,21H,12-15H2,1-3H3/t18-,19+,21+. The van der Waals surface area contributed by atoms with E-state index < -0.39 is 11.6 Å². The smallest absolute Gasteiger partial charge is 0.359 e. The second kappa shape index (κ2) is 9.13. The van der Waals surface area contributed by atoms with Crippen molar-refractivity contribution in [1.82, 2.24) is 24.6 Å². The highest BCUT2D eigenvalue weighted by molar-refractivity contribution is 5.88. The molecular weight excluding hydrogens is 446 g/mol. The van der Waals surface area contributed by atoms with Gasteiger partial charge in [0.1, 0.15) is 17.7 Å². The average Bonchev–Trinajstić information content (AvgIpc) is 3.54. The molecule has 2 aliphatic rings. The van der Waals surface area contributed by atoms with Gasteiger partial charge >= 0.3 is 12.0 Å². The number of fused-ring (bicyclic) bond motifs is 1. The molecule has 2 fully saturated rings. The van der Waals surface area contributed by atoms with Gasteiger partial charge in [-0.05, 0) is 69.7 Å². The van der Waals surface area contributed by atoms with Crippen LogP contribution in [0, 0.1) is 11.8 Å². The fourth-order valence-electron chi connectivity index (χ4n) is 4.89. The van der Waals surface area contributed by atoms with Gasteiger partial charge in [0.15, 0.2) is 5.69 Å². The van der Waals surface area contributed by atoms with E-state index in [1.807, 2.05) is 35.2 Å². The summed E-state index contributed by atoms with van der Waals surface area (Å²) in [5.74, 6) is 1.06. The number of hydrogen-bond acceptors (Lipinski definition) is 7. The molecule has 0 bridgehead atoms. The summed E-state index contributed by atoms with van der Waals surface area (Å²) >= 11 is 0. The zero-order valence-electron chi connectivity index (χ0n) is 20.1. The van der Waals surface area contributed by atoms with Gasteiger partial charge in [-0.15, -0.1) is 0 Å². The van der Waals surface area contributed by atoms with Gasteiger partial charge < -0.3 is 14.4 Å². The summed E-state index contributed by atoms with van der Waals surface area (Å²) in [6.45, 7) is 6.70. The Labute approximate surface area is 204 Å². The summed E-state index contributed by atoms with van der Waals surface area (Å²) in [6, 6.07) is 11.1. The highest BCUT2D eigenvalue weighted by Gasteiger charge is 2.43. The Kier molecular flexibility index (Phi) is 6.00. The van der Waals surface area contributed by atoms with Gasteiger partial charge in [0.05, 0.1) is 11.8 Å². The van der Waals surface area contributed by atoms with Crippen LogP contribution < -0.4 is 4.74 Å². The number of esters is 1. The predicted octanol–water partition coefficient (Wildman–Crippen LogP) is 4.05. The molecule has 1 amide bonds. The zero-order chi connectivity index (χ0) is 24.6. The fraction of sp³-hybridized carbons (Fsp3) is 0.423. The number of carbonyl (C=O) groups excluding carboxylic acids is 2. The maximum absolute atomic E-state index is 13.0. The lowest BCUT2D eigenvalue weighted by Gasteiger charge is -2.20. The average molecular weight is 476 g/mol. The van der Waals surface area contributed by atoms with Crippen molar-refractivity contribution in [3.63, 3.8) is 0 Å². The van der Waals surface area contributed by atoms with E-state index in [0.29, 0.717) is 24.9 Å². The molecular formula is C26H29N5O4. The van der Waals surface area contributed by atoms with Crippen LogP contribution in [-0.4, -0.2) is 61.4 Å². The lowest BCUT2D eigenvalue weighted by Crippen LogP contribution is -2.35. The van der Waals surface area contributed by atoms with Crippen LogP contribution in [0.5, 0.6) is 5.75 Å². The Morgan fingerprint density at radius 3 is 2.51 bits per heavy atom. The third-order valence-electron chi connectivity index (χ3n) is 6.39. The third kappa shape index (κ3) is 5.18. The molecule has 1 saturated carbocycles. The van der Waals surface area contributed by atoms with Crippen molar-refractivity contribution in [2.24, 2.45) is 11.8 Å². The van der Waals surface area contributed by atoms with Crippen LogP contribution in [0.1, 0.15) is 44.1 Å². The molecule has 3 aromatic rings. The van der Waals surface area contributed by atoms with E-state index >= 15 is 0 Å². The van der Waals surface area contributed by atoms with Crippen LogP contribution in [0.15, 0.2) is 55.1 Å². The number of ether oxygens (including phenoxy) is 2. The first-order chi connectivity index (χ1) is 16.7. The highest BCUT2D eigenvalue weighted by atomic mass is 16.6. The monoisotopic (exact) mass is 475 g/mol. The Morgan fingerprint density at radius 1 is 1.06 bits per heavy atom. The fourth-order valence-corrected chi connectivity index (χ4v) is 4.89. The molecule has 0 spiro atoms. The summed E-state index contributed by atoms with van der Waals surface area (Å²) < 4.78 is 12.9. The number of benzene rings is 1. The molecule has 1 aromatic carbocycles. The molecule has 0 unspecified atom stereocenters. The number of amides is 1. The van der Waals surface area contributed by atoms with E-state index in [0.717, 1.165) is 29.8 Å².